The quantitative estimate of drug-likeness (QED) is 0.263. The number of benzene rings is 2. The van der Waals surface area contributed by atoms with Crippen molar-refractivity contribution in [1.29, 1.82) is 5.41 Å². The van der Waals surface area contributed by atoms with E-state index in [9.17, 15) is 22.4 Å². The van der Waals surface area contributed by atoms with Crippen LogP contribution >= 0.6 is 11.3 Å². The zero-order chi connectivity index (χ0) is 27.9. The Morgan fingerprint density at radius 3 is 2.64 bits per heavy atom. The second-order valence-electron chi connectivity index (χ2n) is 9.40. The van der Waals surface area contributed by atoms with Gasteiger partial charge < -0.3 is 15.0 Å². The van der Waals surface area contributed by atoms with Crippen LogP contribution in [0.15, 0.2) is 60.2 Å². The number of nitrogens with one attached hydrogen (secondary N) is 1. The highest BCUT2D eigenvalue weighted by Gasteiger charge is 2.39. The fourth-order valence-electron chi connectivity index (χ4n) is 5.02. The van der Waals surface area contributed by atoms with Crippen molar-refractivity contribution >= 4 is 17.2 Å². The molecular weight excluding hydrogens is 532 g/mol. The number of methoxy groups -OCH3 is 1. The molecule has 0 bridgehead atoms. The van der Waals surface area contributed by atoms with E-state index in [-0.39, 0.29) is 39.7 Å². The van der Waals surface area contributed by atoms with E-state index in [0.717, 1.165) is 19.0 Å². The predicted octanol–water partition coefficient (Wildman–Crippen LogP) is 5.95. The van der Waals surface area contributed by atoms with Crippen LogP contribution < -0.4 is 15.3 Å². The number of pyridine rings is 1. The minimum absolute atomic E-state index is 0.0442. The summed E-state index contributed by atoms with van der Waals surface area (Å²) >= 11 is 1.20. The topological polar surface area (TPSA) is 94.0 Å². The summed E-state index contributed by atoms with van der Waals surface area (Å²) in [5.74, 6) is -1.58. The first-order valence-electron chi connectivity index (χ1n) is 12.1. The second-order valence-corrected chi connectivity index (χ2v) is 10.3. The van der Waals surface area contributed by atoms with Gasteiger partial charge in [0.25, 0.3) is 0 Å². The smallest absolute Gasteiger partial charge is 0.433 e. The number of nitrogens with two attached hydrogens (primary N) is 1. The maximum Gasteiger partial charge on any atom is 0.433 e. The van der Waals surface area contributed by atoms with Crippen molar-refractivity contribution in [1.82, 2.24) is 9.55 Å². The van der Waals surface area contributed by atoms with Gasteiger partial charge in [-0.2, -0.15) is 13.2 Å². The second kappa shape index (κ2) is 10.3. The number of ether oxygens (including phenoxy) is 1. The van der Waals surface area contributed by atoms with Gasteiger partial charge >= 0.3 is 6.18 Å². The van der Waals surface area contributed by atoms with Crippen molar-refractivity contribution in [2.24, 2.45) is 11.7 Å². The van der Waals surface area contributed by atoms with Crippen LogP contribution in [0.5, 0.6) is 5.75 Å². The highest BCUT2D eigenvalue weighted by molar-refractivity contribution is 7.06. The zero-order valence-electron chi connectivity index (χ0n) is 20.8. The van der Waals surface area contributed by atoms with Crippen molar-refractivity contribution in [3.8, 4) is 16.9 Å². The van der Waals surface area contributed by atoms with E-state index in [4.69, 9.17) is 15.9 Å². The van der Waals surface area contributed by atoms with Crippen molar-refractivity contribution in [3.63, 3.8) is 0 Å². The summed E-state index contributed by atoms with van der Waals surface area (Å²) in [5, 5.41) is 9.99. The fraction of sp³-hybridized carbons (Fsp3) is 0.250. The van der Waals surface area contributed by atoms with Crippen LogP contribution in [0.4, 0.5) is 17.6 Å². The molecule has 4 aromatic rings. The molecule has 0 aliphatic heterocycles. The largest absolute Gasteiger partial charge is 0.494 e. The zero-order valence-corrected chi connectivity index (χ0v) is 21.6. The van der Waals surface area contributed by atoms with Gasteiger partial charge in [0.15, 0.2) is 22.1 Å². The molecule has 1 aliphatic carbocycles. The fourth-order valence-corrected chi connectivity index (χ4v) is 5.62. The number of rotatable bonds is 8. The lowest BCUT2D eigenvalue weighted by atomic mass is 9.80. The van der Waals surface area contributed by atoms with Gasteiger partial charge in [-0.1, -0.05) is 12.1 Å². The van der Waals surface area contributed by atoms with Crippen LogP contribution in [0.3, 0.4) is 0 Å². The van der Waals surface area contributed by atoms with E-state index in [2.05, 4.69) is 4.98 Å². The van der Waals surface area contributed by atoms with Crippen molar-refractivity contribution in [2.45, 2.75) is 31.5 Å². The number of amides is 1. The highest BCUT2D eigenvalue weighted by atomic mass is 32.1. The van der Waals surface area contributed by atoms with Gasteiger partial charge in [0, 0.05) is 34.8 Å². The summed E-state index contributed by atoms with van der Waals surface area (Å²) in [6.45, 7) is 0.120. The van der Waals surface area contributed by atoms with Crippen LogP contribution in [-0.2, 0) is 12.7 Å². The van der Waals surface area contributed by atoms with E-state index in [1.807, 2.05) is 0 Å². The maximum absolute atomic E-state index is 14.3. The van der Waals surface area contributed by atoms with Crippen molar-refractivity contribution in [2.75, 3.05) is 7.11 Å². The van der Waals surface area contributed by atoms with Gasteiger partial charge in [-0.05, 0) is 71.3 Å². The number of nitrogens with zero attached hydrogens (tertiary/aromatic N) is 2. The molecule has 1 aliphatic rings. The molecule has 2 heterocycles. The number of hydrogen-bond acceptors (Lipinski definition) is 5. The summed E-state index contributed by atoms with van der Waals surface area (Å²) in [7, 11) is 1.36. The van der Waals surface area contributed by atoms with E-state index in [1.54, 1.807) is 34.3 Å². The average molecular weight is 557 g/mol. The Balaban J connectivity index is 1.79. The third-order valence-corrected chi connectivity index (χ3v) is 7.59. The molecule has 1 unspecified atom stereocenters. The standard InChI is InChI=1S/C28H24F4N4O2S/c1-38-22-13-16(6-7-21(22)29)23(15-4-5-15)24-18(14-36-9-10-39-27(36)34)11-17(12-20(24)26(33)37)19-3-2-8-35-25(19)28(30,31)32/h2-3,6-13,15,23,34H,4-5,14H2,1H3,(H2,33,37). The van der Waals surface area contributed by atoms with Gasteiger partial charge in [-0.25, -0.2) is 4.39 Å². The summed E-state index contributed by atoms with van der Waals surface area (Å²) in [6.07, 6.45) is -0.263. The van der Waals surface area contributed by atoms with Crippen molar-refractivity contribution < 1.29 is 27.1 Å². The Kier molecular flexibility index (Phi) is 7.02. The monoisotopic (exact) mass is 556 g/mol. The lowest BCUT2D eigenvalue weighted by Gasteiger charge is -2.25. The van der Waals surface area contributed by atoms with E-state index in [0.29, 0.717) is 16.7 Å². The Morgan fingerprint density at radius 1 is 1.26 bits per heavy atom. The van der Waals surface area contributed by atoms with E-state index >= 15 is 0 Å². The van der Waals surface area contributed by atoms with Crippen LogP contribution in [-0.4, -0.2) is 22.6 Å². The molecule has 2 aromatic heterocycles. The molecule has 1 saturated carbocycles. The highest BCUT2D eigenvalue weighted by Crippen LogP contribution is 2.50. The molecule has 0 radical (unpaired) electrons. The number of carbonyl (C=O) groups is 1. The maximum atomic E-state index is 14.3. The lowest BCUT2D eigenvalue weighted by molar-refractivity contribution is -0.140. The first kappa shape index (κ1) is 26.6. The number of carbonyl (C=O) groups excluding carboxylic acids is 1. The molecule has 0 saturated heterocycles. The molecule has 3 N–H and O–H groups in total. The number of primary amides is 1. The Hall–Kier alpha value is -3.99. The van der Waals surface area contributed by atoms with Crippen LogP contribution in [0, 0.1) is 17.1 Å². The number of aromatic nitrogens is 2. The predicted molar refractivity (Wildman–Crippen MR) is 138 cm³/mol. The summed E-state index contributed by atoms with van der Waals surface area (Å²) < 4.78 is 62.7. The van der Waals surface area contributed by atoms with Gasteiger partial charge in [0.2, 0.25) is 5.91 Å². The number of alkyl halides is 3. The van der Waals surface area contributed by atoms with Crippen molar-refractivity contribution in [3.05, 3.63) is 98.8 Å². The summed E-state index contributed by atoms with van der Waals surface area (Å²) in [5.41, 5.74) is 6.60. The molecule has 2 aromatic carbocycles. The van der Waals surface area contributed by atoms with Gasteiger partial charge in [-0.15, -0.1) is 11.3 Å². The van der Waals surface area contributed by atoms with Gasteiger partial charge in [-0.3, -0.25) is 15.2 Å². The Labute approximate surface area is 225 Å². The van der Waals surface area contributed by atoms with E-state index < -0.39 is 29.5 Å². The minimum atomic E-state index is -4.72. The molecule has 5 rings (SSSR count). The Morgan fingerprint density at radius 2 is 2.03 bits per heavy atom. The SMILES string of the molecule is COc1cc(C(c2c(Cn3ccsc3=N)cc(-c3cccnc3C(F)(F)F)cc2C(N)=O)C2CC2)ccc1F. The third kappa shape index (κ3) is 5.31. The first-order chi connectivity index (χ1) is 18.6. The number of thiazole rings is 1. The molecule has 6 nitrogen and oxygen atoms in total. The molecular formula is C28H24F4N4O2S. The number of hydrogen-bond donors (Lipinski definition) is 2. The normalized spacial score (nSPS) is 14.3. The Bertz CT molecular complexity index is 1610. The van der Waals surface area contributed by atoms with Crippen LogP contribution in [0.1, 0.15) is 51.5 Å². The summed E-state index contributed by atoms with van der Waals surface area (Å²) in [4.78, 5) is 16.7. The third-order valence-electron chi connectivity index (χ3n) is 6.88. The molecule has 0 spiro atoms. The van der Waals surface area contributed by atoms with Gasteiger partial charge in [0.1, 0.15) is 0 Å². The van der Waals surface area contributed by atoms with Gasteiger partial charge in [0.05, 0.1) is 13.7 Å². The molecule has 11 heteroatoms. The number of halogens is 4. The summed E-state index contributed by atoms with van der Waals surface area (Å²) in [6, 6.07) is 10.2. The molecule has 1 amide bonds. The molecule has 1 fully saturated rings. The molecule has 1 atom stereocenters. The average Bonchev–Trinajstić information content (AvgIpc) is 3.66. The van der Waals surface area contributed by atoms with Crippen LogP contribution in [0.2, 0.25) is 0 Å². The van der Waals surface area contributed by atoms with E-state index in [1.165, 1.54) is 42.7 Å². The molecule has 202 valence electrons. The lowest BCUT2D eigenvalue weighted by Crippen LogP contribution is -2.22. The first-order valence-corrected chi connectivity index (χ1v) is 13.0. The molecule has 39 heavy (non-hydrogen) atoms. The van der Waals surface area contributed by atoms with Crippen LogP contribution in [0.25, 0.3) is 11.1 Å². The minimum Gasteiger partial charge on any atom is -0.494 e.